The van der Waals surface area contributed by atoms with Crippen LogP contribution in [-0.4, -0.2) is 38.5 Å². The smallest absolute Gasteiger partial charge is 0.238 e. The van der Waals surface area contributed by atoms with E-state index in [2.05, 4.69) is 50.4 Å². The van der Waals surface area contributed by atoms with Crippen LogP contribution in [0.25, 0.3) is 0 Å². The Bertz CT molecular complexity index is 698. The van der Waals surface area contributed by atoms with Gasteiger partial charge in [-0.25, -0.2) is 0 Å². The van der Waals surface area contributed by atoms with Crippen LogP contribution in [0.4, 0.5) is 11.4 Å². The maximum Gasteiger partial charge on any atom is 0.238 e. The van der Waals surface area contributed by atoms with E-state index in [0.29, 0.717) is 6.54 Å². The summed E-state index contributed by atoms with van der Waals surface area (Å²) in [5.41, 5.74) is 4.28. The Morgan fingerprint density at radius 3 is 2.33 bits per heavy atom. The zero-order valence-corrected chi connectivity index (χ0v) is 16.2. The molecule has 0 radical (unpaired) electrons. The van der Waals surface area contributed by atoms with Gasteiger partial charge >= 0.3 is 0 Å². The molecule has 2 aromatic carbocycles. The molecule has 2 rings (SSSR count). The first-order valence-corrected chi connectivity index (χ1v) is 8.65. The van der Waals surface area contributed by atoms with Crippen LogP contribution < -0.4 is 10.2 Å². The van der Waals surface area contributed by atoms with E-state index in [1.165, 1.54) is 11.3 Å². The number of anilines is 2. The molecule has 24 heavy (non-hydrogen) atoms. The van der Waals surface area contributed by atoms with E-state index in [1.807, 2.05) is 51.2 Å². The number of carbonyl (C=O) groups excluding carboxylic acids is 1. The molecule has 5 heteroatoms. The van der Waals surface area contributed by atoms with Crippen LogP contribution in [0.1, 0.15) is 11.1 Å². The summed E-state index contributed by atoms with van der Waals surface area (Å²) in [6.45, 7) is 3.09. The number of hydrogen-bond acceptors (Lipinski definition) is 3. The molecule has 0 heterocycles. The maximum absolute atomic E-state index is 12.2. The molecule has 2 aromatic rings. The van der Waals surface area contributed by atoms with E-state index in [0.717, 1.165) is 22.3 Å². The van der Waals surface area contributed by atoms with Crippen LogP contribution in [0.2, 0.25) is 0 Å². The van der Waals surface area contributed by atoms with E-state index in [1.54, 1.807) is 0 Å². The van der Waals surface area contributed by atoms with Gasteiger partial charge in [-0.1, -0.05) is 28.1 Å². The summed E-state index contributed by atoms with van der Waals surface area (Å²) in [4.78, 5) is 16.3. The van der Waals surface area contributed by atoms with Gasteiger partial charge in [-0.3, -0.25) is 9.69 Å². The number of aryl methyl sites for hydroxylation is 1. The largest absolute Gasteiger partial charge is 0.378 e. The lowest BCUT2D eigenvalue weighted by molar-refractivity contribution is -0.117. The Hall–Kier alpha value is -1.85. The average Bonchev–Trinajstić information content (AvgIpc) is 2.51. The third kappa shape index (κ3) is 5.35. The zero-order valence-electron chi connectivity index (χ0n) is 14.6. The van der Waals surface area contributed by atoms with E-state index in [4.69, 9.17) is 0 Å². The first kappa shape index (κ1) is 18.5. The fourth-order valence-electron chi connectivity index (χ4n) is 2.44. The van der Waals surface area contributed by atoms with Crippen molar-refractivity contribution in [3.8, 4) is 0 Å². The van der Waals surface area contributed by atoms with Crippen molar-refractivity contribution in [2.45, 2.75) is 13.5 Å². The number of halogens is 1. The Labute approximate surface area is 152 Å². The second kappa shape index (κ2) is 8.31. The number of nitrogens with zero attached hydrogens (tertiary/aromatic N) is 2. The van der Waals surface area contributed by atoms with Crippen LogP contribution in [0, 0.1) is 6.92 Å². The predicted molar refractivity (Wildman–Crippen MR) is 105 cm³/mol. The Morgan fingerprint density at radius 2 is 1.75 bits per heavy atom. The highest BCUT2D eigenvalue weighted by Crippen LogP contribution is 2.20. The summed E-state index contributed by atoms with van der Waals surface area (Å²) in [5.74, 6) is -0.0101. The molecule has 0 bridgehead atoms. The molecule has 128 valence electrons. The minimum Gasteiger partial charge on any atom is -0.378 e. The van der Waals surface area contributed by atoms with E-state index < -0.39 is 0 Å². The van der Waals surface area contributed by atoms with Gasteiger partial charge in [0.2, 0.25) is 5.91 Å². The first-order valence-electron chi connectivity index (χ1n) is 7.86. The summed E-state index contributed by atoms with van der Waals surface area (Å²) in [6.07, 6.45) is 0. The third-order valence-corrected chi connectivity index (χ3v) is 4.65. The minimum absolute atomic E-state index is 0.0101. The van der Waals surface area contributed by atoms with E-state index >= 15 is 0 Å². The van der Waals surface area contributed by atoms with Crippen LogP contribution in [-0.2, 0) is 11.3 Å². The lowest BCUT2D eigenvalue weighted by Crippen LogP contribution is -2.29. The SMILES string of the molecule is Cc1cc(NC(=O)CN(C)Cc2ccc(N(C)C)cc2)ccc1Br. The van der Waals surface area contributed by atoms with Crippen molar-refractivity contribution in [2.75, 3.05) is 37.9 Å². The fraction of sp³-hybridized carbons (Fsp3) is 0.316. The second-order valence-electron chi connectivity index (χ2n) is 6.25. The second-order valence-corrected chi connectivity index (χ2v) is 7.10. The predicted octanol–water partition coefficient (Wildman–Crippen LogP) is 3.89. The number of hydrogen-bond donors (Lipinski definition) is 1. The molecule has 0 saturated heterocycles. The van der Waals surface area contributed by atoms with Gasteiger partial charge in [0.1, 0.15) is 0 Å². The highest BCUT2D eigenvalue weighted by molar-refractivity contribution is 9.10. The minimum atomic E-state index is -0.0101. The quantitative estimate of drug-likeness (QED) is 0.813. The molecule has 1 amide bonds. The standard InChI is InChI=1S/C19H24BrN3O/c1-14-11-16(7-10-18(14)20)21-19(24)13-23(4)12-15-5-8-17(9-6-15)22(2)3/h5-11H,12-13H2,1-4H3,(H,21,24). The lowest BCUT2D eigenvalue weighted by atomic mass is 10.2. The number of benzene rings is 2. The molecule has 0 spiro atoms. The Morgan fingerprint density at radius 1 is 1.08 bits per heavy atom. The molecule has 0 saturated carbocycles. The molecule has 0 fully saturated rings. The van der Waals surface area contributed by atoms with Gasteiger partial charge in [0.15, 0.2) is 0 Å². The van der Waals surface area contributed by atoms with Crippen molar-refractivity contribution >= 4 is 33.2 Å². The fourth-order valence-corrected chi connectivity index (χ4v) is 2.68. The number of nitrogens with one attached hydrogen (secondary N) is 1. The van der Waals surface area contributed by atoms with Crippen LogP contribution in [0.3, 0.4) is 0 Å². The summed E-state index contributed by atoms with van der Waals surface area (Å²) in [6, 6.07) is 14.2. The Kier molecular flexibility index (Phi) is 6.40. The molecule has 4 nitrogen and oxygen atoms in total. The van der Waals surface area contributed by atoms with E-state index in [-0.39, 0.29) is 5.91 Å². The van der Waals surface area contributed by atoms with Gasteiger partial charge in [-0.05, 0) is 55.4 Å². The van der Waals surface area contributed by atoms with Crippen molar-refractivity contribution in [2.24, 2.45) is 0 Å². The van der Waals surface area contributed by atoms with Gasteiger partial charge in [0.05, 0.1) is 6.54 Å². The molecule has 0 atom stereocenters. The molecule has 0 aromatic heterocycles. The van der Waals surface area contributed by atoms with Crippen molar-refractivity contribution in [1.29, 1.82) is 0 Å². The molecular formula is C19H24BrN3O. The van der Waals surface area contributed by atoms with Crippen molar-refractivity contribution in [3.63, 3.8) is 0 Å². The Balaban J connectivity index is 1.87. The number of carbonyl (C=O) groups is 1. The number of rotatable bonds is 6. The summed E-state index contributed by atoms with van der Waals surface area (Å²) < 4.78 is 1.04. The summed E-state index contributed by atoms with van der Waals surface area (Å²) >= 11 is 3.46. The number of likely N-dealkylation sites (N-methyl/N-ethyl adjacent to an activating group) is 1. The van der Waals surface area contributed by atoms with Gasteiger partial charge in [0, 0.05) is 36.5 Å². The third-order valence-electron chi connectivity index (χ3n) is 3.76. The van der Waals surface area contributed by atoms with Crippen LogP contribution in [0.5, 0.6) is 0 Å². The molecule has 0 unspecified atom stereocenters. The van der Waals surface area contributed by atoms with Crippen LogP contribution in [0.15, 0.2) is 46.9 Å². The highest BCUT2D eigenvalue weighted by atomic mass is 79.9. The van der Waals surface area contributed by atoms with Crippen molar-refractivity contribution in [1.82, 2.24) is 4.90 Å². The van der Waals surface area contributed by atoms with Crippen molar-refractivity contribution in [3.05, 3.63) is 58.1 Å². The average molecular weight is 390 g/mol. The zero-order chi connectivity index (χ0) is 17.7. The van der Waals surface area contributed by atoms with Crippen molar-refractivity contribution < 1.29 is 4.79 Å². The molecule has 1 N–H and O–H groups in total. The van der Waals surface area contributed by atoms with Gasteiger partial charge in [0.25, 0.3) is 0 Å². The summed E-state index contributed by atoms with van der Waals surface area (Å²) in [7, 11) is 6.00. The lowest BCUT2D eigenvalue weighted by Gasteiger charge is -2.18. The summed E-state index contributed by atoms with van der Waals surface area (Å²) in [5, 5.41) is 2.94. The maximum atomic E-state index is 12.2. The molecule has 0 aliphatic heterocycles. The molecular weight excluding hydrogens is 366 g/mol. The normalized spacial score (nSPS) is 10.8. The first-order chi connectivity index (χ1) is 11.3. The topological polar surface area (TPSA) is 35.6 Å². The van der Waals surface area contributed by atoms with Gasteiger partial charge < -0.3 is 10.2 Å². The molecule has 0 aliphatic rings. The van der Waals surface area contributed by atoms with Crippen LogP contribution >= 0.6 is 15.9 Å². The van der Waals surface area contributed by atoms with Gasteiger partial charge in [-0.15, -0.1) is 0 Å². The number of amides is 1. The van der Waals surface area contributed by atoms with E-state index in [9.17, 15) is 4.79 Å². The molecule has 0 aliphatic carbocycles. The highest BCUT2D eigenvalue weighted by Gasteiger charge is 2.08. The van der Waals surface area contributed by atoms with Gasteiger partial charge in [-0.2, -0.15) is 0 Å². The monoisotopic (exact) mass is 389 g/mol.